The first kappa shape index (κ1) is 18.4. The minimum Gasteiger partial charge on any atom is -0.305 e. The standard InChI is InChI=1S/C17H34N4/c1-15(2)19-17(4,14-18)9-6-7-11-21-12-8-10-20(5)13-16(21)3/h15-16,19H,6-13H2,1-5H3. The van der Waals surface area contributed by atoms with Crippen LogP contribution >= 0.6 is 0 Å². The van der Waals surface area contributed by atoms with Crippen molar-refractivity contribution in [2.45, 2.75) is 71.0 Å². The van der Waals surface area contributed by atoms with E-state index >= 15 is 0 Å². The molecule has 1 N–H and O–H groups in total. The first-order chi connectivity index (χ1) is 9.86. The molecule has 0 radical (unpaired) electrons. The first-order valence-corrected chi connectivity index (χ1v) is 8.48. The molecule has 1 fully saturated rings. The molecule has 0 aromatic rings. The van der Waals surface area contributed by atoms with Crippen molar-refractivity contribution in [3.63, 3.8) is 0 Å². The second-order valence-electron chi connectivity index (χ2n) is 7.20. The lowest BCUT2D eigenvalue weighted by molar-refractivity contribution is 0.196. The van der Waals surface area contributed by atoms with E-state index in [2.05, 4.69) is 49.0 Å². The average Bonchev–Trinajstić information content (AvgIpc) is 2.55. The highest BCUT2D eigenvalue weighted by Gasteiger charge is 2.24. The Morgan fingerprint density at radius 3 is 2.67 bits per heavy atom. The number of hydrogen-bond acceptors (Lipinski definition) is 4. The maximum Gasteiger partial charge on any atom is 0.104 e. The normalized spacial score (nSPS) is 24.5. The van der Waals surface area contributed by atoms with Crippen LogP contribution in [-0.4, -0.2) is 60.6 Å². The molecule has 1 rings (SSSR count). The van der Waals surface area contributed by atoms with Gasteiger partial charge in [0.15, 0.2) is 0 Å². The summed E-state index contributed by atoms with van der Waals surface area (Å²) in [5.74, 6) is 0. The SMILES string of the molecule is CC(C)NC(C)(C#N)CCCCN1CCCN(C)CC1C. The topological polar surface area (TPSA) is 42.3 Å². The zero-order valence-electron chi connectivity index (χ0n) is 14.7. The third-order valence-electron chi connectivity index (χ3n) is 4.41. The highest BCUT2D eigenvalue weighted by molar-refractivity contribution is 5.04. The molecule has 4 heteroatoms. The van der Waals surface area contributed by atoms with Gasteiger partial charge in [-0.05, 0) is 80.1 Å². The summed E-state index contributed by atoms with van der Waals surface area (Å²) in [7, 11) is 2.22. The van der Waals surface area contributed by atoms with Crippen molar-refractivity contribution >= 4 is 0 Å². The van der Waals surface area contributed by atoms with Gasteiger partial charge in [-0.1, -0.05) is 0 Å². The lowest BCUT2D eigenvalue weighted by atomic mass is 9.95. The molecular formula is C17H34N4. The van der Waals surface area contributed by atoms with Gasteiger partial charge in [0.25, 0.3) is 0 Å². The monoisotopic (exact) mass is 294 g/mol. The summed E-state index contributed by atoms with van der Waals surface area (Å²) in [6, 6.07) is 3.45. The summed E-state index contributed by atoms with van der Waals surface area (Å²) in [5.41, 5.74) is -0.376. The number of nitriles is 1. The molecule has 0 bridgehead atoms. The van der Waals surface area contributed by atoms with Crippen LogP contribution in [0.2, 0.25) is 0 Å². The summed E-state index contributed by atoms with van der Waals surface area (Å²) in [4.78, 5) is 5.05. The maximum absolute atomic E-state index is 9.36. The predicted molar refractivity (Wildman–Crippen MR) is 89.3 cm³/mol. The Hall–Kier alpha value is -0.630. The molecule has 0 aliphatic carbocycles. The Balaban J connectivity index is 2.31. The van der Waals surface area contributed by atoms with Crippen molar-refractivity contribution in [1.82, 2.24) is 15.1 Å². The average molecular weight is 294 g/mol. The molecule has 1 aliphatic rings. The Bertz CT molecular complexity index is 336. The fourth-order valence-corrected chi connectivity index (χ4v) is 3.35. The number of nitrogens with one attached hydrogen (secondary N) is 1. The van der Waals surface area contributed by atoms with Gasteiger partial charge in [-0.2, -0.15) is 5.26 Å². The molecule has 0 spiro atoms. The lowest BCUT2D eigenvalue weighted by Gasteiger charge is -2.29. The van der Waals surface area contributed by atoms with E-state index in [1.165, 1.54) is 32.5 Å². The summed E-state index contributed by atoms with van der Waals surface area (Å²) >= 11 is 0. The van der Waals surface area contributed by atoms with Gasteiger partial charge in [-0.25, -0.2) is 0 Å². The molecule has 2 atom stereocenters. The van der Waals surface area contributed by atoms with Crippen LogP contribution < -0.4 is 5.32 Å². The van der Waals surface area contributed by atoms with Gasteiger partial charge in [-0.3, -0.25) is 10.2 Å². The van der Waals surface area contributed by atoms with E-state index in [4.69, 9.17) is 0 Å². The van der Waals surface area contributed by atoms with E-state index in [-0.39, 0.29) is 5.54 Å². The van der Waals surface area contributed by atoms with Crippen molar-refractivity contribution < 1.29 is 0 Å². The Morgan fingerprint density at radius 2 is 2.05 bits per heavy atom. The van der Waals surface area contributed by atoms with Gasteiger partial charge in [-0.15, -0.1) is 0 Å². The van der Waals surface area contributed by atoms with Gasteiger partial charge in [0.05, 0.1) is 6.07 Å². The van der Waals surface area contributed by atoms with Crippen molar-refractivity contribution in [1.29, 1.82) is 5.26 Å². The van der Waals surface area contributed by atoms with Crippen LogP contribution in [0.25, 0.3) is 0 Å². The Morgan fingerprint density at radius 1 is 1.33 bits per heavy atom. The summed E-state index contributed by atoms with van der Waals surface area (Å²) in [6.45, 7) is 13.3. The summed E-state index contributed by atoms with van der Waals surface area (Å²) in [5, 5.41) is 12.7. The molecule has 0 saturated carbocycles. The van der Waals surface area contributed by atoms with E-state index in [1.807, 2.05) is 6.92 Å². The quantitative estimate of drug-likeness (QED) is 0.733. The van der Waals surface area contributed by atoms with Crippen LogP contribution in [-0.2, 0) is 0 Å². The fourth-order valence-electron chi connectivity index (χ4n) is 3.35. The number of hydrogen-bond donors (Lipinski definition) is 1. The number of rotatable bonds is 7. The van der Waals surface area contributed by atoms with E-state index in [0.717, 1.165) is 19.4 Å². The number of likely N-dealkylation sites (N-methyl/N-ethyl adjacent to an activating group) is 1. The molecule has 1 aliphatic heterocycles. The molecule has 122 valence electrons. The van der Waals surface area contributed by atoms with Crippen molar-refractivity contribution in [2.75, 3.05) is 33.2 Å². The van der Waals surface area contributed by atoms with Crippen LogP contribution in [0.3, 0.4) is 0 Å². The minimum absolute atomic E-state index is 0.357. The summed E-state index contributed by atoms with van der Waals surface area (Å²) in [6.07, 6.45) is 4.50. The van der Waals surface area contributed by atoms with Crippen molar-refractivity contribution in [3.8, 4) is 6.07 Å². The molecule has 1 heterocycles. The zero-order chi connectivity index (χ0) is 15.9. The second kappa shape index (κ2) is 8.73. The highest BCUT2D eigenvalue weighted by atomic mass is 15.2. The van der Waals surface area contributed by atoms with E-state index in [0.29, 0.717) is 12.1 Å². The lowest BCUT2D eigenvalue weighted by Crippen LogP contribution is -2.45. The van der Waals surface area contributed by atoms with Crippen molar-refractivity contribution in [2.24, 2.45) is 0 Å². The zero-order valence-corrected chi connectivity index (χ0v) is 14.7. The van der Waals surface area contributed by atoms with Gasteiger partial charge in [0.1, 0.15) is 5.54 Å². The third kappa shape index (κ3) is 6.78. The second-order valence-corrected chi connectivity index (χ2v) is 7.20. The fraction of sp³-hybridized carbons (Fsp3) is 0.941. The smallest absolute Gasteiger partial charge is 0.104 e. The van der Waals surface area contributed by atoms with Crippen LogP contribution in [0.4, 0.5) is 0 Å². The van der Waals surface area contributed by atoms with Crippen LogP contribution in [0.15, 0.2) is 0 Å². The third-order valence-corrected chi connectivity index (χ3v) is 4.41. The molecule has 0 amide bonds. The van der Waals surface area contributed by atoms with Gasteiger partial charge in [0, 0.05) is 18.6 Å². The van der Waals surface area contributed by atoms with E-state index in [9.17, 15) is 5.26 Å². The highest BCUT2D eigenvalue weighted by Crippen LogP contribution is 2.16. The van der Waals surface area contributed by atoms with Crippen LogP contribution in [0.1, 0.15) is 53.4 Å². The molecule has 21 heavy (non-hydrogen) atoms. The first-order valence-electron chi connectivity index (χ1n) is 8.48. The van der Waals surface area contributed by atoms with E-state index < -0.39 is 0 Å². The van der Waals surface area contributed by atoms with Crippen molar-refractivity contribution in [3.05, 3.63) is 0 Å². The maximum atomic E-state index is 9.36. The predicted octanol–water partition coefficient (Wildman–Crippen LogP) is 2.46. The summed E-state index contributed by atoms with van der Waals surface area (Å²) < 4.78 is 0. The van der Waals surface area contributed by atoms with E-state index in [1.54, 1.807) is 0 Å². The van der Waals surface area contributed by atoms with Gasteiger partial charge < -0.3 is 4.90 Å². The Kier molecular flexibility index (Phi) is 7.65. The molecule has 2 unspecified atom stereocenters. The number of unbranched alkanes of at least 4 members (excludes halogenated alkanes) is 1. The van der Waals surface area contributed by atoms with Crippen LogP contribution in [0.5, 0.6) is 0 Å². The molecule has 4 nitrogen and oxygen atoms in total. The largest absolute Gasteiger partial charge is 0.305 e. The molecule has 1 saturated heterocycles. The van der Waals surface area contributed by atoms with Gasteiger partial charge in [0.2, 0.25) is 0 Å². The Labute approximate surface area is 131 Å². The minimum atomic E-state index is -0.376. The number of nitrogens with zero attached hydrogens (tertiary/aromatic N) is 3. The molecular weight excluding hydrogens is 260 g/mol. The molecule has 0 aromatic carbocycles. The molecule has 0 aromatic heterocycles. The van der Waals surface area contributed by atoms with Crippen LogP contribution in [0, 0.1) is 11.3 Å². The van der Waals surface area contributed by atoms with Gasteiger partial charge >= 0.3 is 0 Å².